The first-order valence-corrected chi connectivity index (χ1v) is 6.08. The van der Waals surface area contributed by atoms with E-state index in [9.17, 15) is 14.0 Å². The van der Waals surface area contributed by atoms with E-state index in [0.29, 0.717) is 12.8 Å². The molecule has 1 aromatic rings. The predicted octanol–water partition coefficient (Wildman–Crippen LogP) is 0.936. The molecule has 3 N–H and O–H groups in total. The summed E-state index contributed by atoms with van der Waals surface area (Å²) in [5.74, 6) is -2.67. The summed E-state index contributed by atoms with van der Waals surface area (Å²) in [6, 6.07) is 3.93. The fraction of sp³-hybridized carbons (Fsp3) is 0.385. The highest BCUT2D eigenvalue weighted by Gasteiger charge is 2.31. The van der Waals surface area contributed by atoms with Crippen molar-refractivity contribution in [3.63, 3.8) is 0 Å². The van der Waals surface area contributed by atoms with Gasteiger partial charge in [0.2, 0.25) is 0 Å². The molecule has 20 heavy (non-hydrogen) atoms. The van der Waals surface area contributed by atoms with Gasteiger partial charge in [-0.15, -0.1) is 0 Å². The molecule has 0 aliphatic carbocycles. The van der Waals surface area contributed by atoms with Gasteiger partial charge in [0, 0.05) is 0 Å². The van der Waals surface area contributed by atoms with Gasteiger partial charge in [0.15, 0.2) is 6.10 Å². The highest BCUT2D eigenvalue weighted by Crippen LogP contribution is 2.24. The number of nitrogens with two attached hydrogens (primary N) is 1. The molecule has 1 amide bonds. The van der Waals surface area contributed by atoms with Gasteiger partial charge < -0.3 is 20.3 Å². The van der Waals surface area contributed by atoms with Gasteiger partial charge in [0.25, 0.3) is 5.91 Å². The van der Waals surface area contributed by atoms with Crippen molar-refractivity contribution in [1.82, 2.24) is 0 Å². The van der Waals surface area contributed by atoms with E-state index >= 15 is 0 Å². The van der Waals surface area contributed by atoms with Crippen LogP contribution in [0, 0.1) is 5.82 Å². The average molecular weight is 283 g/mol. The Morgan fingerprint density at radius 1 is 1.45 bits per heavy atom. The van der Waals surface area contributed by atoms with Crippen LogP contribution in [0.3, 0.4) is 0 Å². The quantitative estimate of drug-likeness (QED) is 0.837. The lowest BCUT2D eigenvalue weighted by molar-refractivity contribution is -0.149. The minimum absolute atomic E-state index is 0.0277. The highest BCUT2D eigenvalue weighted by atomic mass is 19.1. The topological polar surface area (TPSA) is 98.9 Å². The van der Waals surface area contributed by atoms with Gasteiger partial charge in [-0.1, -0.05) is 6.07 Å². The monoisotopic (exact) mass is 283 g/mol. The summed E-state index contributed by atoms with van der Waals surface area (Å²) >= 11 is 0. The molecular weight excluding hydrogens is 269 g/mol. The van der Waals surface area contributed by atoms with Gasteiger partial charge in [-0.25, -0.2) is 9.18 Å². The third-order valence-electron chi connectivity index (χ3n) is 3.03. The minimum atomic E-state index is -1.02. The van der Waals surface area contributed by atoms with Crippen LogP contribution >= 0.6 is 0 Å². The Labute approximate surface area is 114 Å². The molecule has 1 fully saturated rings. The second kappa shape index (κ2) is 5.87. The van der Waals surface area contributed by atoms with Crippen LogP contribution in [0.5, 0.6) is 5.75 Å². The summed E-state index contributed by atoms with van der Waals surface area (Å²) < 4.78 is 24.1. The van der Waals surface area contributed by atoms with E-state index in [1.165, 1.54) is 12.1 Å². The number of benzene rings is 1. The van der Waals surface area contributed by atoms with Gasteiger partial charge in [-0.05, 0) is 25.0 Å². The van der Waals surface area contributed by atoms with Crippen molar-refractivity contribution in [2.45, 2.75) is 25.0 Å². The summed E-state index contributed by atoms with van der Waals surface area (Å²) in [7, 11) is 0. The predicted molar refractivity (Wildman–Crippen MR) is 65.9 cm³/mol. The Hall–Kier alpha value is -2.15. The molecule has 1 aliphatic rings. The van der Waals surface area contributed by atoms with Gasteiger partial charge in [0.1, 0.15) is 23.7 Å². The number of halogens is 1. The smallest absolute Gasteiger partial charge is 0.332 e. The van der Waals surface area contributed by atoms with Crippen LogP contribution in [0.1, 0.15) is 23.2 Å². The van der Waals surface area contributed by atoms with Crippen LogP contribution in [0.4, 0.5) is 4.39 Å². The van der Waals surface area contributed by atoms with Crippen LogP contribution in [0.2, 0.25) is 0 Å². The second-order valence-electron chi connectivity index (χ2n) is 4.45. The van der Waals surface area contributed by atoms with Crippen LogP contribution in [0.15, 0.2) is 18.2 Å². The SMILES string of the molecule is NC(=O)c1c(F)cccc1OCC1CCC(C(=O)O)O1. The first kappa shape index (κ1) is 14.3. The zero-order chi connectivity index (χ0) is 14.7. The number of aliphatic carboxylic acids is 1. The van der Waals surface area contributed by atoms with Crippen molar-refractivity contribution in [3.05, 3.63) is 29.6 Å². The lowest BCUT2D eigenvalue weighted by Crippen LogP contribution is -2.24. The van der Waals surface area contributed by atoms with Gasteiger partial charge in [-0.2, -0.15) is 0 Å². The number of amides is 1. The summed E-state index contributed by atoms with van der Waals surface area (Å²) in [6.07, 6.45) is -0.320. The van der Waals surface area contributed by atoms with Crippen molar-refractivity contribution >= 4 is 11.9 Å². The van der Waals surface area contributed by atoms with Crippen molar-refractivity contribution < 1.29 is 28.6 Å². The Kier molecular flexibility index (Phi) is 4.19. The molecule has 1 aliphatic heterocycles. The average Bonchev–Trinajstić information content (AvgIpc) is 2.84. The fourth-order valence-corrected chi connectivity index (χ4v) is 2.06. The molecule has 1 heterocycles. The van der Waals surface area contributed by atoms with Gasteiger partial charge in [0.05, 0.1) is 6.10 Å². The standard InChI is InChI=1S/C13H14FNO5/c14-8-2-1-3-9(11(8)12(15)16)19-6-7-4-5-10(20-7)13(17)18/h1-3,7,10H,4-6H2,(H2,15,16)(H,17,18). The van der Waals surface area contributed by atoms with Crippen molar-refractivity contribution in [2.75, 3.05) is 6.61 Å². The van der Waals surface area contributed by atoms with Crippen LogP contribution in [0.25, 0.3) is 0 Å². The Bertz CT molecular complexity index is 533. The van der Waals surface area contributed by atoms with E-state index in [0.717, 1.165) is 6.07 Å². The molecule has 2 atom stereocenters. The van der Waals surface area contributed by atoms with Gasteiger partial charge in [-0.3, -0.25) is 4.79 Å². The Morgan fingerprint density at radius 2 is 2.20 bits per heavy atom. The first-order chi connectivity index (χ1) is 9.49. The molecule has 0 radical (unpaired) electrons. The van der Waals surface area contributed by atoms with Crippen LogP contribution in [-0.4, -0.2) is 35.8 Å². The Balaban J connectivity index is 2.00. The van der Waals surface area contributed by atoms with E-state index in [-0.39, 0.29) is 17.9 Å². The number of hydrogen-bond donors (Lipinski definition) is 2. The third-order valence-corrected chi connectivity index (χ3v) is 3.03. The molecule has 0 bridgehead atoms. The molecule has 0 saturated carbocycles. The third kappa shape index (κ3) is 3.05. The zero-order valence-electron chi connectivity index (χ0n) is 10.5. The van der Waals surface area contributed by atoms with Crippen LogP contribution < -0.4 is 10.5 Å². The van der Waals surface area contributed by atoms with Crippen molar-refractivity contribution in [1.29, 1.82) is 0 Å². The molecule has 2 unspecified atom stereocenters. The molecule has 0 spiro atoms. The highest BCUT2D eigenvalue weighted by molar-refractivity contribution is 5.95. The molecular formula is C13H14FNO5. The second-order valence-corrected chi connectivity index (χ2v) is 4.45. The molecule has 108 valence electrons. The molecule has 6 nitrogen and oxygen atoms in total. The number of carboxylic acids is 1. The van der Waals surface area contributed by atoms with Crippen molar-refractivity contribution in [2.24, 2.45) is 5.73 Å². The lowest BCUT2D eigenvalue weighted by atomic mass is 10.1. The number of hydrogen-bond acceptors (Lipinski definition) is 4. The van der Waals surface area contributed by atoms with E-state index < -0.39 is 29.9 Å². The number of carboxylic acid groups (broad SMARTS) is 1. The summed E-state index contributed by atoms with van der Waals surface area (Å²) in [5, 5.41) is 8.79. The normalized spacial score (nSPS) is 21.6. The van der Waals surface area contributed by atoms with E-state index in [1.54, 1.807) is 0 Å². The lowest BCUT2D eigenvalue weighted by Gasteiger charge is -2.14. The zero-order valence-corrected chi connectivity index (χ0v) is 10.5. The maximum Gasteiger partial charge on any atom is 0.332 e. The summed E-state index contributed by atoms with van der Waals surface area (Å²) in [6.45, 7) is 0.0352. The van der Waals surface area contributed by atoms with E-state index in [1.807, 2.05) is 0 Å². The molecule has 2 rings (SSSR count). The van der Waals surface area contributed by atoms with Crippen LogP contribution in [-0.2, 0) is 9.53 Å². The molecule has 1 saturated heterocycles. The number of rotatable bonds is 5. The van der Waals surface area contributed by atoms with E-state index in [2.05, 4.69) is 0 Å². The van der Waals surface area contributed by atoms with Gasteiger partial charge >= 0.3 is 5.97 Å². The minimum Gasteiger partial charge on any atom is -0.490 e. The van der Waals surface area contributed by atoms with E-state index in [4.69, 9.17) is 20.3 Å². The maximum atomic E-state index is 13.5. The number of carbonyl (C=O) groups excluding carboxylic acids is 1. The maximum absolute atomic E-state index is 13.5. The number of carbonyl (C=O) groups is 2. The molecule has 0 aromatic heterocycles. The fourth-order valence-electron chi connectivity index (χ4n) is 2.06. The Morgan fingerprint density at radius 3 is 2.80 bits per heavy atom. The number of ether oxygens (including phenoxy) is 2. The largest absolute Gasteiger partial charge is 0.490 e. The first-order valence-electron chi connectivity index (χ1n) is 6.08. The van der Waals surface area contributed by atoms with Crippen molar-refractivity contribution in [3.8, 4) is 5.75 Å². The number of primary amides is 1. The summed E-state index contributed by atoms with van der Waals surface area (Å²) in [4.78, 5) is 21.9. The molecule has 7 heteroatoms. The summed E-state index contributed by atoms with van der Waals surface area (Å²) in [5.41, 5.74) is 4.77. The molecule has 1 aromatic carbocycles.